The van der Waals surface area contributed by atoms with E-state index in [1.54, 1.807) is 6.07 Å². The average Bonchev–Trinajstić information content (AvgIpc) is 2.66. The van der Waals surface area contributed by atoms with Crippen LogP contribution in [0.1, 0.15) is 16.1 Å². The molecular weight excluding hydrogens is 230 g/mol. The fourth-order valence-corrected chi connectivity index (χ4v) is 1.69. The highest BCUT2D eigenvalue weighted by Gasteiger charge is 2.12. The molecule has 1 N–H and O–H groups in total. The van der Waals surface area contributed by atoms with Gasteiger partial charge in [0.05, 0.1) is 16.9 Å². The molecule has 2 rings (SSSR count). The Bertz CT molecular complexity index is 530. The van der Waals surface area contributed by atoms with Crippen LogP contribution in [-0.2, 0) is 0 Å². The molecule has 0 aliphatic carbocycles. The third-order valence-electron chi connectivity index (χ3n) is 2.13. The molecule has 1 aromatic carbocycles. The number of aromatic nitrogens is 3. The SMILES string of the molecule is Cc1cccc(Cl)c1-n1cc(C(=O)O)nn1. The molecule has 16 heavy (non-hydrogen) atoms. The summed E-state index contributed by atoms with van der Waals surface area (Å²) in [5.41, 5.74) is 1.43. The molecular formula is C10H8ClN3O2. The highest BCUT2D eigenvalue weighted by molar-refractivity contribution is 6.32. The second-order valence-electron chi connectivity index (χ2n) is 3.26. The number of hydrogen-bond acceptors (Lipinski definition) is 3. The van der Waals surface area contributed by atoms with Gasteiger partial charge in [-0.1, -0.05) is 28.9 Å². The van der Waals surface area contributed by atoms with E-state index in [1.165, 1.54) is 10.9 Å². The number of aromatic carboxylic acids is 1. The molecule has 1 heterocycles. The molecule has 2 aromatic rings. The first-order valence-corrected chi connectivity index (χ1v) is 4.88. The van der Waals surface area contributed by atoms with Gasteiger partial charge < -0.3 is 5.11 Å². The van der Waals surface area contributed by atoms with Gasteiger partial charge in [-0.25, -0.2) is 9.48 Å². The molecule has 82 valence electrons. The van der Waals surface area contributed by atoms with Gasteiger partial charge in [0.1, 0.15) is 0 Å². The summed E-state index contributed by atoms with van der Waals surface area (Å²) in [5.74, 6) is -1.11. The van der Waals surface area contributed by atoms with Crippen molar-refractivity contribution in [2.75, 3.05) is 0 Å². The molecule has 0 fully saturated rings. The number of rotatable bonds is 2. The fraction of sp³-hybridized carbons (Fsp3) is 0.100. The van der Waals surface area contributed by atoms with Crippen LogP contribution in [0, 0.1) is 6.92 Å². The van der Waals surface area contributed by atoms with Crippen LogP contribution in [0.25, 0.3) is 5.69 Å². The summed E-state index contributed by atoms with van der Waals surface area (Å²) < 4.78 is 1.36. The average molecular weight is 238 g/mol. The molecule has 0 aliphatic heterocycles. The highest BCUT2D eigenvalue weighted by atomic mass is 35.5. The maximum Gasteiger partial charge on any atom is 0.358 e. The molecule has 0 aliphatic rings. The highest BCUT2D eigenvalue weighted by Crippen LogP contribution is 2.22. The number of carboxylic acids is 1. The zero-order valence-corrected chi connectivity index (χ0v) is 9.14. The van der Waals surface area contributed by atoms with Crippen molar-refractivity contribution in [1.29, 1.82) is 0 Å². The van der Waals surface area contributed by atoms with Gasteiger partial charge in [-0.15, -0.1) is 5.10 Å². The number of carbonyl (C=O) groups is 1. The summed E-state index contributed by atoms with van der Waals surface area (Å²) in [5, 5.41) is 16.5. The number of benzene rings is 1. The Balaban J connectivity index is 2.54. The lowest BCUT2D eigenvalue weighted by atomic mass is 10.2. The summed E-state index contributed by atoms with van der Waals surface area (Å²) >= 11 is 6.02. The van der Waals surface area contributed by atoms with Crippen molar-refractivity contribution in [1.82, 2.24) is 15.0 Å². The van der Waals surface area contributed by atoms with Gasteiger partial charge in [-0.2, -0.15) is 0 Å². The van der Waals surface area contributed by atoms with E-state index in [2.05, 4.69) is 10.3 Å². The van der Waals surface area contributed by atoms with Crippen LogP contribution in [0.4, 0.5) is 0 Å². The van der Waals surface area contributed by atoms with Gasteiger partial charge in [0.15, 0.2) is 5.69 Å². The summed E-state index contributed by atoms with van der Waals surface area (Å²) in [6.45, 7) is 1.86. The molecule has 5 nitrogen and oxygen atoms in total. The van der Waals surface area contributed by atoms with Gasteiger partial charge in [-0.05, 0) is 18.6 Å². The topological polar surface area (TPSA) is 68.0 Å². The second-order valence-corrected chi connectivity index (χ2v) is 3.67. The Kier molecular flexibility index (Phi) is 2.62. The lowest BCUT2D eigenvalue weighted by Crippen LogP contribution is -1.99. The van der Waals surface area contributed by atoms with Crippen LogP contribution >= 0.6 is 11.6 Å². The molecule has 0 radical (unpaired) electrons. The van der Waals surface area contributed by atoms with Crippen molar-refractivity contribution in [3.05, 3.63) is 40.7 Å². The van der Waals surface area contributed by atoms with Crippen LogP contribution in [-0.4, -0.2) is 26.1 Å². The standard InChI is InChI=1S/C10H8ClN3O2/c1-6-3-2-4-7(11)9(6)14-5-8(10(15)16)12-13-14/h2-5H,1H3,(H,15,16). The van der Waals surface area contributed by atoms with Crippen LogP contribution in [0.3, 0.4) is 0 Å². The Morgan fingerprint density at radius 3 is 2.81 bits per heavy atom. The smallest absolute Gasteiger partial charge is 0.358 e. The van der Waals surface area contributed by atoms with E-state index in [-0.39, 0.29) is 5.69 Å². The number of nitrogens with zero attached hydrogens (tertiary/aromatic N) is 3. The first kappa shape index (κ1) is 10.6. The van der Waals surface area contributed by atoms with Crippen LogP contribution in [0.15, 0.2) is 24.4 Å². The largest absolute Gasteiger partial charge is 0.476 e. The Morgan fingerprint density at radius 1 is 1.50 bits per heavy atom. The van der Waals surface area contributed by atoms with E-state index in [0.717, 1.165) is 5.56 Å². The van der Waals surface area contributed by atoms with Crippen molar-refractivity contribution >= 4 is 17.6 Å². The van der Waals surface area contributed by atoms with E-state index in [1.807, 2.05) is 19.1 Å². The maximum absolute atomic E-state index is 10.7. The first-order chi connectivity index (χ1) is 7.59. The Morgan fingerprint density at radius 2 is 2.25 bits per heavy atom. The van der Waals surface area contributed by atoms with Crippen LogP contribution < -0.4 is 0 Å². The van der Waals surface area contributed by atoms with Gasteiger partial charge >= 0.3 is 5.97 Å². The van der Waals surface area contributed by atoms with Crippen molar-refractivity contribution < 1.29 is 9.90 Å². The summed E-state index contributed by atoms with van der Waals surface area (Å²) in [7, 11) is 0. The van der Waals surface area contributed by atoms with E-state index in [9.17, 15) is 4.79 Å². The molecule has 0 saturated carbocycles. The first-order valence-electron chi connectivity index (χ1n) is 4.50. The lowest BCUT2D eigenvalue weighted by Gasteiger charge is -2.06. The molecule has 0 saturated heterocycles. The normalized spacial score (nSPS) is 10.4. The number of aryl methyl sites for hydroxylation is 1. The minimum absolute atomic E-state index is 0.112. The Labute approximate surface area is 96.3 Å². The molecule has 0 unspecified atom stereocenters. The van der Waals surface area contributed by atoms with Gasteiger partial charge in [0.2, 0.25) is 0 Å². The van der Waals surface area contributed by atoms with Gasteiger partial charge in [-0.3, -0.25) is 0 Å². The fourth-order valence-electron chi connectivity index (χ4n) is 1.38. The van der Waals surface area contributed by atoms with E-state index >= 15 is 0 Å². The molecule has 0 spiro atoms. The zero-order chi connectivity index (χ0) is 11.7. The third kappa shape index (κ3) is 1.77. The van der Waals surface area contributed by atoms with Crippen molar-refractivity contribution in [3.8, 4) is 5.69 Å². The van der Waals surface area contributed by atoms with E-state index in [4.69, 9.17) is 16.7 Å². The van der Waals surface area contributed by atoms with E-state index < -0.39 is 5.97 Å². The monoisotopic (exact) mass is 237 g/mol. The summed E-state index contributed by atoms with van der Waals surface area (Å²) in [6.07, 6.45) is 1.33. The number of hydrogen-bond donors (Lipinski definition) is 1. The maximum atomic E-state index is 10.7. The van der Waals surface area contributed by atoms with Crippen LogP contribution in [0.2, 0.25) is 5.02 Å². The van der Waals surface area contributed by atoms with Gasteiger partial charge in [0, 0.05) is 0 Å². The quantitative estimate of drug-likeness (QED) is 0.867. The Hall–Kier alpha value is -1.88. The van der Waals surface area contributed by atoms with E-state index in [0.29, 0.717) is 10.7 Å². The molecule has 0 bridgehead atoms. The minimum Gasteiger partial charge on any atom is -0.476 e. The predicted molar refractivity (Wildman–Crippen MR) is 58.1 cm³/mol. The summed E-state index contributed by atoms with van der Waals surface area (Å²) in [4.78, 5) is 10.7. The van der Waals surface area contributed by atoms with Crippen LogP contribution in [0.5, 0.6) is 0 Å². The van der Waals surface area contributed by atoms with Crippen molar-refractivity contribution in [3.63, 3.8) is 0 Å². The summed E-state index contributed by atoms with van der Waals surface area (Å²) in [6, 6.07) is 5.39. The lowest BCUT2D eigenvalue weighted by molar-refractivity contribution is 0.0690. The third-order valence-corrected chi connectivity index (χ3v) is 2.44. The molecule has 0 amide bonds. The second kappa shape index (κ2) is 3.94. The van der Waals surface area contributed by atoms with Gasteiger partial charge in [0.25, 0.3) is 0 Å². The predicted octanol–water partition coefficient (Wildman–Crippen LogP) is 1.93. The minimum atomic E-state index is -1.11. The molecule has 6 heteroatoms. The van der Waals surface area contributed by atoms with Crippen molar-refractivity contribution in [2.24, 2.45) is 0 Å². The van der Waals surface area contributed by atoms with Crippen molar-refractivity contribution in [2.45, 2.75) is 6.92 Å². The number of carboxylic acid groups (broad SMARTS) is 1. The zero-order valence-electron chi connectivity index (χ0n) is 8.38. The number of para-hydroxylation sites is 1. The molecule has 0 atom stereocenters. The number of halogens is 1. The molecule has 1 aromatic heterocycles.